The molecule has 0 unspecified atom stereocenters. The Morgan fingerprint density at radius 2 is 1.55 bits per heavy atom. The Morgan fingerprint density at radius 1 is 0.909 bits per heavy atom. The Labute approximate surface area is 142 Å². The second-order valence-electron chi connectivity index (χ2n) is 5.41. The fourth-order valence-electron chi connectivity index (χ4n) is 2.50. The molecule has 0 saturated carbocycles. The first kappa shape index (κ1) is 17.2. The van der Waals surface area contributed by atoms with Gasteiger partial charge in [-0.1, -0.05) is 61.5 Å². The molecule has 0 spiro atoms. The second kappa shape index (κ2) is 9.12. The summed E-state index contributed by atoms with van der Waals surface area (Å²) in [5.74, 6) is 1.61. The number of ether oxygens (including phenoxy) is 1. The maximum Gasteiger partial charge on any atom is 0.142 e. The van der Waals surface area contributed by atoms with Crippen LogP contribution in [0.4, 0.5) is 0 Å². The van der Waals surface area contributed by atoms with Gasteiger partial charge in [-0.15, -0.1) is 11.6 Å². The van der Waals surface area contributed by atoms with Crippen LogP contribution in [-0.4, -0.2) is 17.6 Å². The van der Waals surface area contributed by atoms with Gasteiger partial charge in [0.25, 0.3) is 0 Å². The smallest absolute Gasteiger partial charge is 0.142 e. The molecule has 1 N–H and O–H groups in total. The number of unbranched alkanes of at least 4 members (excludes halogenated alkanes) is 5. The van der Waals surface area contributed by atoms with E-state index in [-0.39, 0.29) is 5.75 Å². The standard InChI is InChI=1S/C18H22Cl2O2/c19-11-7-3-1-2-4-8-12-22-17-13-16(20)18(21)15-10-6-5-9-14(15)17/h5-6,9-10,13,21H,1-4,7-8,11-12H2. The molecule has 4 heteroatoms. The largest absolute Gasteiger partial charge is 0.506 e. The van der Waals surface area contributed by atoms with E-state index in [0.717, 1.165) is 41.7 Å². The second-order valence-corrected chi connectivity index (χ2v) is 6.19. The van der Waals surface area contributed by atoms with Crippen LogP contribution in [0.25, 0.3) is 10.8 Å². The number of hydrogen-bond donors (Lipinski definition) is 1. The Hall–Kier alpha value is -1.12. The summed E-state index contributed by atoms with van der Waals surface area (Å²) in [7, 11) is 0. The number of alkyl halides is 1. The molecule has 2 rings (SSSR count). The Bertz CT molecular complexity index is 599. The van der Waals surface area contributed by atoms with Gasteiger partial charge in [0.15, 0.2) is 0 Å². The number of benzene rings is 2. The fourth-order valence-corrected chi connectivity index (χ4v) is 2.89. The zero-order valence-electron chi connectivity index (χ0n) is 12.7. The van der Waals surface area contributed by atoms with Crippen LogP contribution in [-0.2, 0) is 0 Å². The summed E-state index contributed by atoms with van der Waals surface area (Å²) in [6, 6.07) is 9.29. The van der Waals surface area contributed by atoms with Gasteiger partial charge in [-0.3, -0.25) is 0 Å². The predicted octanol–water partition coefficient (Wildman–Crippen LogP) is 6.16. The van der Waals surface area contributed by atoms with Gasteiger partial charge >= 0.3 is 0 Å². The molecular formula is C18H22Cl2O2. The Morgan fingerprint density at radius 3 is 2.27 bits per heavy atom. The Kier molecular flexibility index (Phi) is 7.14. The number of phenols is 1. The van der Waals surface area contributed by atoms with Crippen LogP contribution in [0.1, 0.15) is 38.5 Å². The van der Waals surface area contributed by atoms with E-state index in [1.165, 1.54) is 19.3 Å². The minimum absolute atomic E-state index is 0.115. The van der Waals surface area contributed by atoms with Crippen molar-refractivity contribution in [3.05, 3.63) is 35.4 Å². The summed E-state index contributed by atoms with van der Waals surface area (Å²) in [4.78, 5) is 0. The normalized spacial score (nSPS) is 11.0. The number of fused-ring (bicyclic) bond motifs is 1. The van der Waals surface area contributed by atoms with Gasteiger partial charge in [-0.05, 0) is 12.8 Å². The molecule has 0 atom stereocenters. The number of halogens is 2. The molecule has 0 fully saturated rings. The minimum atomic E-state index is 0.115. The molecular weight excluding hydrogens is 319 g/mol. The van der Waals surface area contributed by atoms with Gasteiger partial charge in [0, 0.05) is 22.7 Å². The highest BCUT2D eigenvalue weighted by atomic mass is 35.5. The third-order valence-electron chi connectivity index (χ3n) is 3.72. The highest BCUT2D eigenvalue weighted by Crippen LogP contribution is 2.38. The molecule has 0 heterocycles. The van der Waals surface area contributed by atoms with E-state index in [9.17, 15) is 5.11 Å². The van der Waals surface area contributed by atoms with Gasteiger partial charge in [-0.25, -0.2) is 0 Å². The van der Waals surface area contributed by atoms with Crippen LogP contribution in [0.15, 0.2) is 30.3 Å². The van der Waals surface area contributed by atoms with E-state index in [0.29, 0.717) is 11.6 Å². The molecule has 120 valence electrons. The summed E-state index contributed by atoms with van der Waals surface area (Å²) >= 11 is 11.7. The molecule has 0 saturated heterocycles. The van der Waals surface area contributed by atoms with Crippen molar-refractivity contribution in [1.82, 2.24) is 0 Å². The predicted molar refractivity (Wildman–Crippen MR) is 94.5 cm³/mol. The third kappa shape index (κ3) is 4.69. The summed E-state index contributed by atoms with van der Waals surface area (Å²) in [6.45, 7) is 0.667. The summed E-state index contributed by atoms with van der Waals surface area (Å²) in [5, 5.41) is 11.9. The first-order valence-electron chi connectivity index (χ1n) is 7.83. The van der Waals surface area contributed by atoms with Gasteiger partial charge in [-0.2, -0.15) is 0 Å². The van der Waals surface area contributed by atoms with E-state index in [1.807, 2.05) is 24.3 Å². The van der Waals surface area contributed by atoms with Crippen molar-refractivity contribution in [2.75, 3.05) is 12.5 Å². The molecule has 0 bridgehead atoms. The highest BCUT2D eigenvalue weighted by Gasteiger charge is 2.10. The SMILES string of the molecule is Oc1c(Cl)cc(OCCCCCCCCCl)c2ccccc12. The van der Waals surface area contributed by atoms with Crippen molar-refractivity contribution in [2.45, 2.75) is 38.5 Å². The quantitative estimate of drug-likeness (QED) is 0.437. The lowest BCUT2D eigenvalue weighted by Crippen LogP contribution is -1.98. The van der Waals surface area contributed by atoms with Crippen molar-refractivity contribution in [3.63, 3.8) is 0 Å². The lowest BCUT2D eigenvalue weighted by molar-refractivity contribution is 0.307. The first-order valence-corrected chi connectivity index (χ1v) is 8.74. The highest BCUT2D eigenvalue weighted by molar-refractivity contribution is 6.33. The number of aromatic hydroxyl groups is 1. The molecule has 22 heavy (non-hydrogen) atoms. The maximum absolute atomic E-state index is 10.00. The zero-order valence-corrected chi connectivity index (χ0v) is 14.2. The molecule has 0 aliphatic rings. The summed E-state index contributed by atoms with van der Waals surface area (Å²) < 4.78 is 5.87. The van der Waals surface area contributed by atoms with Crippen LogP contribution in [0.3, 0.4) is 0 Å². The number of phenolic OH excluding ortho intramolecular Hbond substituents is 1. The average molecular weight is 341 g/mol. The van der Waals surface area contributed by atoms with Crippen LogP contribution in [0, 0.1) is 0 Å². The van der Waals surface area contributed by atoms with E-state index in [2.05, 4.69) is 0 Å². The van der Waals surface area contributed by atoms with Crippen LogP contribution < -0.4 is 4.74 Å². The van der Waals surface area contributed by atoms with E-state index >= 15 is 0 Å². The maximum atomic E-state index is 10.00. The van der Waals surface area contributed by atoms with Gasteiger partial charge in [0.1, 0.15) is 11.5 Å². The molecule has 2 nitrogen and oxygen atoms in total. The van der Waals surface area contributed by atoms with E-state index in [1.54, 1.807) is 6.07 Å². The summed E-state index contributed by atoms with van der Waals surface area (Å²) in [5.41, 5.74) is 0. The lowest BCUT2D eigenvalue weighted by atomic mass is 10.1. The average Bonchev–Trinajstić information content (AvgIpc) is 2.54. The Balaban J connectivity index is 1.86. The monoisotopic (exact) mass is 340 g/mol. The van der Waals surface area contributed by atoms with Crippen molar-refractivity contribution in [2.24, 2.45) is 0 Å². The fraction of sp³-hybridized carbons (Fsp3) is 0.444. The molecule has 2 aromatic carbocycles. The first-order chi connectivity index (χ1) is 10.7. The van der Waals surface area contributed by atoms with E-state index < -0.39 is 0 Å². The molecule has 0 radical (unpaired) electrons. The van der Waals surface area contributed by atoms with Crippen molar-refractivity contribution in [1.29, 1.82) is 0 Å². The lowest BCUT2D eigenvalue weighted by Gasteiger charge is -2.11. The van der Waals surface area contributed by atoms with Crippen LogP contribution in [0.2, 0.25) is 5.02 Å². The van der Waals surface area contributed by atoms with Gasteiger partial charge < -0.3 is 9.84 Å². The molecule has 0 aliphatic carbocycles. The molecule has 0 aliphatic heterocycles. The minimum Gasteiger partial charge on any atom is -0.506 e. The number of rotatable bonds is 9. The third-order valence-corrected chi connectivity index (χ3v) is 4.27. The topological polar surface area (TPSA) is 29.5 Å². The molecule has 0 amide bonds. The van der Waals surface area contributed by atoms with Crippen LogP contribution in [0.5, 0.6) is 11.5 Å². The van der Waals surface area contributed by atoms with E-state index in [4.69, 9.17) is 27.9 Å². The van der Waals surface area contributed by atoms with Crippen LogP contribution >= 0.6 is 23.2 Å². The van der Waals surface area contributed by atoms with Gasteiger partial charge in [0.05, 0.1) is 11.6 Å². The van der Waals surface area contributed by atoms with Crippen molar-refractivity contribution < 1.29 is 9.84 Å². The summed E-state index contributed by atoms with van der Waals surface area (Å²) in [6.07, 6.45) is 6.95. The molecule has 0 aromatic heterocycles. The number of hydrogen-bond acceptors (Lipinski definition) is 2. The van der Waals surface area contributed by atoms with Gasteiger partial charge in [0.2, 0.25) is 0 Å². The van der Waals surface area contributed by atoms with Crippen molar-refractivity contribution >= 4 is 34.0 Å². The zero-order chi connectivity index (χ0) is 15.8. The molecule has 2 aromatic rings. The van der Waals surface area contributed by atoms with Crippen molar-refractivity contribution in [3.8, 4) is 11.5 Å².